The van der Waals surface area contributed by atoms with Gasteiger partial charge in [-0.3, -0.25) is 9.59 Å². The van der Waals surface area contributed by atoms with Crippen LogP contribution in [0.4, 0.5) is 11.4 Å². The van der Waals surface area contributed by atoms with Gasteiger partial charge in [0.1, 0.15) is 5.75 Å². The number of aryl methyl sites for hydroxylation is 1. The van der Waals surface area contributed by atoms with Crippen LogP contribution in [0.15, 0.2) is 72.8 Å². The number of aliphatic carboxylic acids is 2. The molecule has 3 aromatic carbocycles. The minimum atomic E-state index is -1.18. The van der Waals surface area contributed by atoms with Crippen LogP contribution in [0.2, 0.25) is 0 Å². The van der Waals surface area contributed by atoms with Gasteiger partial charge in [-0.1, -0.05) is 36.4 Å². The fourth-order valence-electron chi connectivity index (χ4n) is 4.64. The number of carboxylic acids is 2. The Kier molecular flexibility index (Phi) is 9.62. The smallest absolute Gasteiger partial charge is 0.346 e. The van der Waals surface area contributed by atoms with E-state index >= 15 is 0 Å². The van der Waals surface area contributed by atoms with Gasteiger partial charge in [-0.2, -0.15) is 0 Å². The highest BCUT2D eigenvalue weighted by Crippen LogP contribution is 2.38. The van der Waals surface area contributed by atoms with Crippen molar-refractivity contribution >= 4 is 29.2 Å². The second-order valence-corrected chi connectivity index (χ2v) is 9.69. The van der Waals surface area contributed by atoms with Crippen LogP contribution in [-0.4, -0.2) is 60.9 Å². The summed E-state index contributed by atoms with van der Waals surface area (Å²) in [5.74, 6) is -1.54. The maximum absolute atomic E-state index is 13.5. The van der Waals surface area contributed by atoms with Crippen molar-refractivity contribution in [1.29, 1.82) is 0 Å². The number of hydrogen-bond acceptors (Lipinski definition) is 6. The lowest BCUT2D eigenvalue weighted by atomic mass is 10.1. The van der Waals surface area contributed by atoms with Crippen LogP contribution in [-0.2, 0) is 16.0 Å². The third kappa shape index (κ3) is 7.31. The third-order valence-electron chi connectivity index (χ3n) is 6.81. The maximum Gasteiger partial charge on any atom is 0.346 e. The second-order valence-electron chi connectivity index (χ2n) is 9.69. The van der Waals surface area contributed by atoms with Gasteiger partial charge in [0, 0.05) is 25.7 Å². The highest BCUT2D eigenvalue weighted by atomic mass is 16.5. The van der Waals surface area contributed by atoms with Gasteiger partial charge >= 0.3 is 11.9 Å². The molecule has 0 aromatic heterocycles. The van der Waals surface area contributed by atoms with Gasteiger partial charge in [-0.05, 0) is 67.6 Å². The van der Waals surface area contributed by atoms with Crippen molar-refractivity contribution in [3.05, 3.63) is 83.9 Å². The van der Waals surface area contributed by atoms with Crippen molar-refractivity contribution in [3.63, 3.8) is 0 Å². The molecular weight excluding hydrogens is 512 g/mol. The van der Waals surface area contributed by atoms with E-state index in [1.165, 1.54) is 10.5 Å². The number of hydrogen-bond donors (Lipinski definition) is 2. The summed E-state index contributed by atoms with van der Waals surface area (Å²) >= 11 is 0. The molecule has 0 saturated carbocycles. The monoisotopic (exact) mass is 546 g/mol. The van der Waals surface area contributed by atoms with E-state index in [2.05, 4.69) is 12.1 Å². The number of ether oxygens (including phenoxy) is 2. The molecule has 1 heterocycles. The van der Waals surface area contributed by atoms with Gasteiger partial charge < -0.3 is 29.5 Å². The molecule has 210 valence electrons. The fourth-order valence-corrected chi connectivity index (χ4v) is 4.64. The van der Waals surface area contributed by atoms with Gasteiger partial charge in [-0.25, -0.2) is 4.79 Å². The Bertz CT molecular complexity index is 1310. The van der Waals surface area contributed by atoms with Crippen LogP contribution in [0.5, 0.6) is 11.5 Å². The topological polar surface area (TPSA) is 117 Å². The Morgan fingerprint density at radius 2 is 1.70 bits per heavy atom. The molecule has 0 fully saturated rings. The fraction of sp³-hybridized carbons (Fsp3) is 0.323. The quantitative estimate of drug-likeness (QED) is 0.291. The number of amides is 1. The molecule has 0 aliphatic carbocycles. The van der Waals surface area contributed by atoms with Crippen LogP contribution < -0.4 is 19.3 Å². The van der Waals surface area contributed by atoms with E-state index in [1.54, 1.807) is 42.3 Å². The zero-order chi connectivity index (χ0) is 28.5. The molecule has 0 radical (unpaired) electrons. The lowest BCUT2D eigenvalue weighted by Gasteiger charge is -2.35. The Hall–Kier alpha value is -4.53. The average molecular weight is 547 g/mol. The van der Waals surface area contributed by atoms with Gasteiger partial charge in [0.15, 0.2) is 5.75 Å². The number of carboxylic acid groups (broad SMARTS) is 2. The molecular formula is C31H34N2O7. The lowest BCUT2D eigenvalue weighted by molar-refractivity contribution is -0.145. The number of anilines is 2. The highest BCUT2D eigenvalue weighted by Gasteiger charge is 2.34. The first-order valence-electron chi connectivity index (χ1n) is 13.4. The van der Waals surface area contributed by atoms with Crippen molar-refractivity contribution in [2.75, 3.05) is 36.5 Å². The minimum absolute atomic E-state index is 0.0425. The van der Waals surface area contributed by atoms with E-state index in [4.69, 9.17) is 14.6 Å². The first-order valence-corrected chi connectivity index (χ1v) is 13.4. The number of rotatable bonds is 13. The first-order chi connectivity index (χ1) is 19.3. The van der Waals surface area contributed by atoms with Crippen molar-refractivity contribution in [2.24, 2.45) is 0 Å². The van der Waals surface area contributed by atoms with E-state index < -0.39 is 18.0 Å². The van der Waals surface area contributed by atoms with E-state index in [0.29, 0.717) is 36.7 Å². The zero-order valence-corrected chi connectivity index (χ0v) is 22.5. The highest BCUT2D eigenvalue weighted by molar-refractivity contribution is 6.09. The van der Waals surface area contributed by atoms with E-state index in [-0.39, 0.29) is 30.2 Å². The Morgan fingerprint density at radius 1 is 0.950 bits per heavy atom. The lowest BCUT2D eigenvalue weighted by Crippen LogP contribution is -2.45. The number of para-hydroxylation sites is 1. The zero-order valence-electron chi connectivity index (χ0n) is 22.5. The first kappa shape index (κ1) is 28.5. The van der Waals surface area contributed by atoms with E-state index in [0.717, 1.165) is 19.3 Å². The van der Waals surface area contributed by atoms with Crippen molar-refractivity contribution in [2.45, 2.75) is 38.2 Å². The summed E-state index contributed by atoms with van der Waals surface area (Å²) in [5.41, 5.74) is 2.75. The molecule has 1 aliphatic heterocycles. The Labute approximate surface area is 233 Å². The van der Waals surface area contributed by atoms with E-state index in [1.807, 2.05) is 30.3 Å². The minimum Gasteiger partial charge on any atom is -0.494 e. The van der Waals surface area contributed by atoms with Crippen LogP contribution in [0.25, 0.3) is 0 Å². The molecule has 1 unspecified atom stereocenters. The molecule has 9 heteroatoms. The molecule has 0 spiro atoms. The van der Waals surface area contributed by atoms with Crippen LogP contribution in [0.3, 0.4) is 0 Å². The van der Waals surface area contributed by atoms with Crippen molar-refractivity contribution in [1.82, 2.24) is 0 Å². The number of fused-ring (bicyclic) bond motifs is 1. The molecule has 3 aromatic rings. The molecule has 4 rings (SSSR count). The Balaban J connectivity index is 1.39. The molecule has 1 atom stereocenters. The number of benzene rings is 3. The number of unbranched alkanes of at least 4 members (excludes halogenated alkanes) is 1. The van der Waals surface area contributed by atoms with Crippen LogP contribution >= 0.6 is 0 Å². The third-order valence-corrected chi connectivity index (χ3v) is 6.81. The summed E-state index contributed by atoms with van der Waals surface area (Å²) in [6.07, 6.45) is 2.08. The number of carbonyl (C=O) groups is 3. The molecule has 1 amide bonds. The molecule has 0 bridgehead atoms. The van der Waals surface area contributed by atoms with Gasteiger partial charge in [0.25, 0.3) is 5.91 Å². The predicted molar refractivity (Wildman–Crippen MR) is 152 cm³/mol. The van der Waals surface area contributed by atoms with Gasteiger partial charge in [-0.15, -0.1) is 0 Å². The second kappa shape index (κ2) is 13.5. The van der Waals surface area contributed by atoms with Crippen molar-refractivity contribution in [3.8, 4) is 11.5 Å². The van der Waals surface area contributed by atoms with Crippen molar-refractivity contribution < 1.29 is 34.1 Å². The predicted octanol–water partition coefficient (Wildman–Crippen LogP) is 4.88. The SMILES string of the molecule is CN(C(=O)c1cccc2c1OC(C(=O)O)CN2CCCC(=O)O)c1ccc(OCCCCc2ccccc2)cc1. The standard InChI is InChI=1S/C31H34N2O7/c1-32(23-15-17-24(18-16-23)39-20-6-5-11-22-9-3-2-4-10-22)30(36)25-12-7-13-26-29(25)40-27(31(37)38)21-33(26)19-8-14-28(34)35/h2-4,7,9-10,12-13,15-18,27H,5-6,8,11,14,19-21H2,1H3,(H,34,35)(H,37,38). The summed E-state index contributed by atoms with van der Waals surface area (Å²) in [7, 11) is 1.64. The normalized spacial score (nSPS) is 14.1. The number of carbonyl (C=O) groups excluding carboxylic acids is 1. The molecule has 9 nitrogen and oxygen atoms in total. The van der Waals surface area contributed by atoms with E-state index in [9.17, 15) is 19.5 Å². The summed E-state index contributed by atoms with van der Waals surface area (Å²) < 4.78 is 11.6. The molecule has 2 N–H and O–H groups in total. The van der Waals surface area contributed by atoms with Gasteiger partial charge in [0.2, 0.25) is 6.10 Å². The summed E-state index contributed by atoms with van der Waals surface area (Å²) in [4.78, 5) is 39.5. The number of nitrogens with zero attached hydrogens (tertiary/aromatic N) is 2. The summed E-state index contributed by atoms with van der Waals surface area (Å²) in [5, 5.41) is 18.6. The molecule has 40 heavy (non-hydrogen) atoms. The average Bonchev–Trinajstić information content (AvgIpc) is 2.96. The maximum atomic E-state index is 13.5. The van der Waals surface area contributed by atoms with Gasteiger partial charge in [0.05, 0.1) is 24.4 Å². The largest absolute Gasteiger partial charge is 0.494 e. The molecule has 0 saturated heterocycles. The van der Waals surface area contributed by atoms with Crippen LogP contribution in [0, 0.1) is 0 Å². The molecule has 1 aliphatic rings. The van der Waals surface area contributed by atoms with Crippen LogP contribution in [0.1, 0.15) is 41.6 Å². The Morgan fingerprint density at radius 3 is 2.40 bits per heavy atom. The summed E-state index contributed by atoms with van der Waals surface area (Å²) in [6, 6.07) is 22.6. The summed E-state index contributed by atoms with van der Waals surface area (Å²) in [6.45, 7) is 0.985.